The number of ether oxygens (including phenoxy) is 1. The number of nitrogens with zero attached hydrogens (tertiary/aromatic N) is 2. The summed E-state index contributed by atoms with van der Waals surface area (Å²) in [6.45, 7) is 2.34. The molecule has 1 N–H and O–H groups in total. The number of aryl methyl sites for hydroxylation is 1. The fraction of sp³-hybridized carbons (Fsp3) is 0.300. The quantitative estimate of drug-likeness (QED) is 0.671. The van der Waals surface area contributed by atoms with Gasteiger partial charge in [-0.2, -0.15) is 0 Å². The molecule has 0 radical (unpaired) electrons. The molecule has 0 aliphatic carbocycles. The van der Waals surface area contributed by atoms with Crippen LogP contribution in [0.3, 0.4) is 0 Å². The van der Waals surface area contributed by atoms with E-state index in [0.717, 1.165) is 16.2 Å². The smallest absolute Gasteiger partial charge is 0.271 e. The summed E-state index contributed by atoms with van der Waals surface area (Å²) in [5.74, 6) is 1.28. The van der Waals surface area contributed by atoms with Crippen LogP contribution in [0.4, 0.5) is 0 Å². The molecular weight excluding hydrogens is 362 g/mol. The number of amides is 1. The maximum atomic E-state index is 12.7. The van der Waals surface area contributed by atoms with Crippen LogP contribution >= 0.6 is 11.3 Å². The molecule has 3 rings (SSSR count). The summed E-state index contributed by atoms with van der Waals surface area (Å²) >= 11 is 1.45. The Balaban J connectivity index is 1.75. The lowest BCUT2D eigenvalue weighted by Gasteiger charge is -2.26. The molecule has 142 valence electrons. The average molecular weight is 385 g/mol. The first-order chi connectivity index (χ1) is 13.0. The van der Waals surface area contributed by atoms with Gasteiger partial charge in [0.15, 0.2) is 10.8 Å². The van der Waals surface area contributed by atoms with Gasteiger partial charge in [-0.25, -0.2) is 4.98 Å². The van der Waals surface area contributed by atoms with Gasteiger partial charge in [-0.05, 0) is 39.2 Å². The number of furan rings is 1. The van der Waals surface area contributed by atoms with Crippen molar-refractivity contribution >= 4 is 17.2 Å². The standard InChI is InChI=1S/C20H23N3O3S/c1-13-18(22-20(27-13)17-10-7-11-26-17)19(24)21-12-15(23(2)3)14-8-5-6-9-16(14)25-4/h5-11,15H,12H2,1-4H3,(H,21,24). The number of carbonyl (C=O) groups is 1. The molecule has 3 aromatic rings. The van der Waals surface area contributed by atoms with Gasteiger partial charge in [-0.15, -0.1) is 11.3 Å². The predicted molar refractivity (Wildman–Crippen MR) is 106 cm³/mol. The first kappa shape index (κ1) is 19.1. The Morgan fingerprint density at radius 1 is 1.30 bits per heavy atom. The third-order valence-electron chi connectivity index (χ3n) is 4.32. The van der Waals surface area contributed by atoms with E-state index in [2.05, 4.69) is 15.2 Å². The van der Waals surface area contributed by atoms with E-state index >= 15 is 0 Å². The van der Waals surface area contributed by atoms with Crippen molar-refractivity contribution in [3.63, 3.8) is 0 Å². The maximum Gasteiger partial charge on any atom is 0.271 e. The number of nitrogens with one attached hydrogen (secondary N) is 1. The van der Waals surface area contributed by atoms with Crippen LogP contribution < -0.4 is 10.1 Å². The first-order valence-corrected chi connectivity index (χ1v) is 9.41. The molecule has 27 heavy (non-hydrogen) atoms. The maximum absolute atomic E-state index is 12.7. The first-order valence-electron chi connectivity index (χ1n) is 8.60. The number of rotatable bonds is 7. The van der Waals surface area contributed by atoms with Gasteiger partial charge in [0.2, 0.25) is 0 Å². The van der Waals surface area contributed by atoms with Crippen molar-refractivity contribution in [2.45, 2.75) is 13.0 Å². The number of likely N-dealkylation sites (N-methyl/N-ethyl adjacent to an activating group) is 1. The van der Waals surface area contributed by atoms with Crippen molar-refractivity contribution in [2.75, 3.05) is 27.7 Å². The Hall–Kier alpha value is -2.64. The van der Waals surface area contributed by atoms with E-state index in [1.165, 1.54) is 11.3 Å². The highest BCUT2D eigenvalue weighted by molar-refractivity contribution is 7.15. The lowest BCUT2D eigenvalue weighted by molar-refractivity contribution is 0.0936. The molecule has 0 saturated heterocycles. The molecule has 0 fully saturated rings. The molecule has 0 aliphatic heterocycles. The Labute approximate surface area is 162 Å². The molecule has 0 aliphatic rings. The van der Waals surface area contributed by atoms with Gasteiger partial charge in [0.25, 0.3) is 5.91 Å². The summed E-state index contributed by atoms with van der Waals surface area (Å²) in [5, 5.41) is 3.71. The van der Waals surface area contributed by atoms with Crippen molar-refractivity contribution < 1.29 is 13.9 Å². The van der Waals surface area contributed by atoms with Crippen LogP contribution in [0, 0.1) is 6.92 Å². The number of benzene rings is 1. The molecule has 2 heterocycles. The monoisotopic (exact) mass is 385 g/mol. The molecule has 0 bridgehead atoms. The van der Waals surface area contributed by atoms with Crippen LogP contribution in [-0.2, 0) is 0 Å². The van der Waals surface area contributed by atoms with Crippen LogP contribution in [0.15, 0.2) is 47.1 Å². The third-order valence-corrected chi connectivity index (χ3v) is 5.31. The molecule has 7 heteroatoms. The second-order valence-electron chi connectivity index (χ2n) is 6.33. The summed E-state index contributed by atoms with van der Waals surface area (Å²) in [6, 6.07) is 11.5. The van der Waals surface area contributed by atoms with Crippen molar-refractivity contribution in [1.29, 1.82) is 0 Å². The highest BCUT2D eigenvalue weighted by Crippen LogP contribution is 2.29. The average Bonchev–Trinajstić information content (AvgIpc) is 3.31. The largest absolute Gasteiger partial charge is 0.496 e. The highest BCUT2D eigenvalue weighted by atomic mass is 32.1. The summed E-state index contributed by atoms with van der Waals surface area (Å²) in [6.07, 6.45) is 1.60. The molecule has 6 nitrogen and oxygen atoms in total. The van der Waals surface area contributed by atoms with Crippen molar-refractivity contribution in [3.05, 3.63) is 58.8 Å². The minimum atomic E-state index is -0.191. The Kier molecular flexibility index (Phi) is 5.93. The number of hydrogen-bond acceptors (Lipinski definition) is 6. The number of hydrogen-bond donors (Lipinski definition) is 1. The van der Waals surface area contributed by atoms with E-state index in [-0.39, 0.29) is 11.9 Å². The van der Waals surface area contributed by atoms with E-state index in [1.807, 2.05) is 51.4 Å². The van der Waals surface area contributed by atoms with E-state index < -0.39 is 0 Å². The van der Waals surface area contributed by atoms with Crippen LogP contribution in [0.2, 0.25) is 0 Å². The second kappa shape index (κ2) is 8.37. The molecule has 0 saturated carbocycles. The minimum absolute atomic E-state index is 0.0198. The van der Waals surface area contributed by atoms with Crippen molar-refractivity contribution in [3.8, 4) is 16.5 Å². The molecule has 0 spiro atoms. The summed E-state index contributed by atoms with van der Waals surface area (Å²) in [7, 11) is 5.61. The van der Waals surface area contributed by atoms with Gasteiger partial charge in [0, 0.05) is 17.0 Å². The normalized spacial score (nSPS) is 12.2. The number of thiazole rings is 1. The number of para-hydroxylation sites is 1. The van der Waals surface area contributed by atoms with Gasteiger partial charge >= 0.3 is 0 Å². The number of carbonyl (C=O) groups excluding carboxylic acids is 1. The molecular formula is C20H23N3O3S. The third kappa shape index (κ3) is 4.20. The number of aromatic nitrogens is 1. The Morgan fingerprint density at radius 2 is 2.07 bits per heavy atom. The predicted octanol–water partition coefficient (Wildman–Crippen LogP) is 3.75. The van der Waals surface area contributed by atoms with E-state index in [9.17, 15) is 4.79 Å². The fourth-order valence-electron chi connectivity index (χ4n) is 2.90. The van der Waals surface area contributed by atoms with Gasteiger partial charge in [-0.3, -0.25) is 4.79 Å². The zero-order chi connectivity index (χ0) is 19.4. The van der Waals surface area contributed by atoms with Crippen LogP contribution in [0.1, 0.15) is 27.0 Å². The zero-order valence-electron chi connectivity index (χ0n) is 15.9. The lowest BCUT2D eigenvalue weighted by atomic mass is 10.0. The van der Waals surface area contributed by atoms with Crippen molar-refractivity contribution in [1.82, 2.24) is 15.2 Å². The summed E-state index contributed by atoms with van der Waals surface area (Å²) in [5.41, 5.74) is 1.46. The van der Waals surface area contributed by atoms with Crippen LogP contribution in [-0.4, -0.2) is 43.5 Å². The summed E-state index contributed by atoms with van der Waals surface area (Å²) in [4.78, 5) is 20.1. The van der Waals surface area contributed by atoms with Crippen LogP contribution in [0.25, 0.3) is 10.8 Å². The second-order valence-corrected chi connectivity index (χ2v) is 7.54. The van der Waals surface area contributed by atoms with Gasteiger partial charge in [-0.1, -0.05) is 18.2 Å². The topological polar surface area (TPSA) is 67.6 Å². The minimum Gasteiger partial charge on any atom is -0.496 e. The van der Waals surface area contributed by atoms with E-state index in [4.69, 9.17) is 9.15 Å². The number of methoxy groups -OCH3 is 1. The van der Waals surface area contributed by atoms with E-state index in [1.54, 1.807) is 19.4 Å². The molecule has 1 atom stereocenters. The lowest BCUT2D eigenvalue weighted by Crippen LogP contribution is -2.35. The Morgan fingerprint density at radius 3 is 2.74 bits per heavy atom. The molecule has 2 aromatic heterocycles. The molecule has 1 aromatic carbocycles. The molecule has 1 amide bonds. The molecule has 1 unspecified atom stereocenters. The fourth-order valence-corrected chi connectivity index (χ4v) is 3.78. The van der Waals surface area contributed by atoms with Crippen LogP contribution in [0.5, 0.6) is 5.75 Å². The van der Waals surface area contributed by atoms with E-state index in [0.29, 0.717) is 23.0 Å². The zero-order valence-corrected chi connectivity index (χ0v) is 16.7. The highest BCUT2D eigenvalue weighted by Gasteiger charge is 2.22. The summed E-state index contributed by atoms with van der Waals surface area (Å²) < 4.78 is 10.8. The SMILES string of the molecule is COc1ccccc1C(CNC(=O)c1nc(-c2ccco2)sc1C)N(C)C. The van der Waals surface area contributed by atoms with Gasteiger partial charge in [0.1, 0.15) is 11.4 Å². The Bertz CT molecular complexity index is 903. The van der Waals surface area contributed by atoms with Gasteiger partial charge < -0.3 is 19.4 Å². The van der Waals surface area contributed by atoms with Crippen molar-refractivity contribution in [2.24, 2.45) is 0 Å². The van der Waals surface area contributed by atoms with Gasteiger partial charge in [0.05, 0.1) is 19.4 Å².